The molecule has 0 saturated carbocycles. The quantitative estimate of drug-likeness (QED) is 0.905. The lowest BCUT2D eigenvalue weighted by molar-refractivity contribution is 0.268. The van der Waals surface area contributed by atoms with E-state index in [4.69, 9.17) is 11.6 Å². The fourth-order valence-corrected chi connectivity index (χ4v) is 3.49. The number of aromatic nitrogens is 1. The van der Waals surface area contributed by atoms with Crippen LogP contribution in [0.4, 0.5) is 0 Å². The smallest absolute Gasteiger partial charge is 0.0409 e. The summed E-state index contributed by atoms with van der Waals surface area (Å²) in [4.78, 5) is 4.16. The second-order valence-electron chi connectivity index (χ2n) is 6.62. The summed E-state index contributed by atoms with van der Waals surface area (Å²) in [6.07, 6.45) is 4.86. The highest BCUT2D eigenvalue weighted by molar-refractivity contribution is 6.30. The molecule has 21 heavy (non-hydrogen) atoms. The van der Waals surface area contributed by atoms with Crippen molar-refractivity contribution in [3.05, 3.63) is 63.9 Å². The van der Waals surface area contributed by atoms with E-state index in [2.05, 4.69) is 49.3 Å². The van der Waals surface area contributed by atoms with Gasteiger partial charge in [-0.2, -0.15) is 0 Å². The van der Waals surface area contributed by atoms with E-state index in [1.54, 1.807) is 0 Å². The lowest BCUT2D eigenvalue weighted by atomic mass is 9.85. The van der Waals surface area contributed by atoms with Gasteiger partial charge in [0.15, 0.2) is 0 Å². The first kappa shape index (κ1) is 14.6. The third-order valence-corrected chi connectivity index (χ3v) is 4.71. The van der Waals surface area contributed by atoms with Crippen LogP contribution < -0.4 is 5.32 Å². The number of nitrogens with one attached hydrogen (secondary N) is 1. The van der Waals surface area contributed by atoms with Crippen LogP contribution in [0.25, 0.3) is 0 Å². The average molecular weight is 301 g/mol. The first-order chi connectivity index (χ1) is 9.97. The molecule has 2 nitrogen and oxygen atoms in total. The van der Waals surface area contributed by atoms with Crippen LogP contribution in [0.15, 0.2) is 36.7 Å². The largest absolute Gasteiger partial charge is 0.305 e. The third kappa shape index (κ3) is 2.83. The Morgan fingerprint density at radius 1 is 1.33 bits per heavy atom. The van der Waals surface area contributed by atoms with Crippen LogP contribution in [-0.4, -0.2) is 4.98 Å². The van der Waals surface area contributed by atoms with E-state index in [-0.39, 0.29) is 5.41 Å². The SMILES string of the molecule is Cc1cnccc1CNC1c2cc(Cl)ccc2CC1(C)C. The molecule has 3 heteroatoms. The first-order valence-electron chi connectivity index (χ1n) is 7.38. The second-order valence-corrected chi connectivity index (χ2v) is 7.06. The summed E-state index contributed by atoms with van der Waals surface area (Å²) < 4.78 is 0. The summed E-state index contributed by atoms with van der Waals surface area (Å²) in [5.74, 6) is 0. The number of nitrogens with zero attached hydrogens (tertiary/aromatic N) is 1. The van der Waals surface area contributed by atoms with Gasteiger partial charge in [-0.25, -0.2) is 0 Å². The number of rotatable bonds is 3. The highest BCUT2D eigenvalue weighted by Crippen LogP contribution is 2.46. The van der Waals surface area contributed by atoms with Crippen LogP contribution in [-0.2, 0) is 13.0 Å². The van der Waals surface area contributed by atoms with Crippen LogP contribution in [0, 0.1) is 12.3 Å². The van der Waals surface area contributed by atoms with Crippen molar-refractivity contribution in [1.82, 2.24) is 10.3 Å². The number of hydrogen-bond acceptors (Lipinski definition) is 2. The highest BCUT2D eigenvalue weighted by Gasteiger charge is 2.38. The Balaban J connectivity index is 1.85. The topological polar surface area (TPSA) is 24.9 Å². The standard InChI is InChI=1S/C18H21ClN2/c1-12-10-20-7-6-14(12)11-21-17-16-8-15(19)5-4-13(16)9-18(17,2)3/h4-8,10,17,21H,9,11H2,1-3H3. The van der Waals surface area contributed by atoms with Gasteiger partial charge in [0.05, 0.1) is 0 Å². The number of aryl methyl sites for hydroxylation is 1. The molecule has 2 aromatic rings. The molecular formula is C18H21ClN2. The average Bonchev–Trinajstić information content (AvgIpc) is 2.68. The third-order valence-electron chi connectivity index (χ3n) is 4.48. The normalized spacial score (nSPS) is 19.5. The van der Waals surface area contributed by atoms with E-state index in [0.717, 1.165) is 18.0 Å². The van der Waals surface area contributed by atoms with Gasteiger partial charge in [0.1, 0.15) is 0 Å². The lowest BCUT2D eigenvalue weighted by Crippen LogP contribution is -2.31. The van der Waals surface area contributed by atoms with Crippen molar-refractivity contribution >= 4 is 11.6 Å². The van der Waals surface area contributed by atoms with Crippen molar-refractivity contribution in [3.63, 3.8) is 0 Å². The van der Waals surface area contributed by atoms with Gasteiger partial charge in [-0.15, -0.1) is 0 Å². The Morgan fingerprint density at radius 2 is 2.14 bits per heavy atom. The molecule has 1 aliphatic carbocycles. The summed E-state index contributed by atoms with van der Waals surface area (Å²) in [6, 6.07) is 8.69. The molecule has 0 aliphatic heterocycles. The number of benzene rings is 1. The fraction of sp³-hybridized carbons (Fsp3) is 0.389. The maximum absolute atomic E-state index is 6.19. The molecule has 0 radical (unpaired) electrons. The van der Waals surface area contributed by atoms with E-state index in [1.807, 2.05) is 18.5 Å². The van der Waals surface area contributed by atoms with Gasteiger partial charge in [-0.1, -0.05) is 31.5 Å². The summed E-state index contributed by atoms with van der Waals surface area (Å²) in [6.45, 7) is 7.60. The van der Waals surface area contributed by atoms with Gasteiger partial charge in [0, 0.05) is 30.0 Å². The maximum Gasteiger partial charge on any atom is 0.0409 e. The zero-order chi connectivity index (χ0) is 15.0. The molecule has 0 bridgehead atoms. The predicted molar refractivity (Wildman–Crippen MR) is 87.5 cm³/mol. The Labute approximate surface area is 131 Å². The van der Waals surface area contributed by atoms with Crippen molar-refractivity contribution in [2.45, 2.75) is 39.8 Å². The fourth-order valence-electron chi connectivity index (χ4n) is 3.31. The number of hydrogen-bond donors (Lipinski definition) is 1. The van der Waals surface area contributed by atoms with Crippen molar-refractivity contribution in [1.29, 1.82) is 0 Å². The van der Waals surface area contributed by atoms with Gasteiger partial charge in [-0.3, -0.25) is 4.98 Å². The van der Waals surface area contributed by atoms with Gasteiger partial charge < -0.3 is 5.32 Å². The molecule has 0 amide bonds. The highest BCUT2D eigenvalue weighted by atomic mass is 35.5. The Kier molecular flexibility index (Phi) is 3.76. The second kappa shape index (κ2) is 5.43. The predicted octanol–water partition coefficient (Wildman–Crippen LogP) is 4.46. The van der Waals surface area contributed by atoms with Crippen LogP contribution in [0.1, 0.15) is 42.1 Å². The number of pyridine rings is 1. The van der Waals surface area contributed by atoms with E-state index >= 15 is 0 Å². The van der Waals surface area contributed by atoms with Crippen molar-refractivity contribution in [2.24, 2.45) is 5.41 Å². The summed E-state index contributed by atoms with van der Waals surface area (Å²) in [5, 5.41) is 4.54. The summed E-state index contributed by atoms with van der Waals surface area (Å²) in [5.41, 5.74) is 5.49. The van der Waals surface area contributed by atoms with E-state index in [9.17, 15) is 0 Å². The molecule has 1 atom stereocenters. The molecular weight excluding hydrogens is 280 g/mol. The summed E-state index contributed by atoms with van der Waals surface area (Å²) >= 11 is 6.19. The lowest BCUT2D eigenvalue weighted by Gasteiger charge is -2.29. The molecule has 110 valence electrons. The van der Waals surface area contributed by atoms with Gasteiger partial charge in [0.25, 0.3) is 0 Å². The van der Waals surface area contributed by atoms with E-state index < -0.39 is 0 Å². The Bertz CT molecular complexity index is 664. The minimum Gasteiger partial charge on any atom is -0.305 e. The molecule has 1 N–H and O–H groups in total. The molecule has 0 spiro atoms. The Hall–Kier alpha value is -1.38. The number of halogens is 1. The van der Waals surface area contributed by atoms with Crippen LogP contribution in [0.5, 0.6) is 0 Å². The van der Waals surface area contributed by atoms with Gasteiger partial charge in [-0.05, 0) is 59.2 Å². The van der Waals surface area contributed by atoms with Gasteiger partial charge in [0.2, 0.25) is 0 Å². The zero-order valence-electron chi connectivity index (χ0n) is 12.8. The van der Waals surface area contributed by atoms with Crippen molar-refractivity contribution < 1.29 is 0 Å². The van der Waals surface area contributed by atoms with Crippen molar-refractivity contribution in [2.75, 3.05) is 0 Å². The monoisotopic (exact) mass is 300 g/mol. The molecule has 1 aromatic carbocycles. The minimum atomic E-state index is 0.202. The van der Waals surface area contributed by atoms with Crippen LogP contribution in [0.2, 0.25) is 5.02 Å². The molecule has 1 unspecified atom stereocenters. The summed E-state index contributed by atoms with van der Waals surface area (Å²) in [7, 11) is 0. The molecule has 3 rings (SSSR count). The van der Waals surface area contributed by atoms with Crippen LogP contribution in [0.3, 0.4) is 0 Å². The minimum absolute atomic E-state index is 0.202. The van der Waals surface area contributed by atoms with Crippen LogP contribution >= 0.6 is 11.6 Å². The maximum atomic E-state index is 6.19. The molecule has 0 saturated heterocycles. The van der Waals surface area contributed by atoms with Crippen molar-refractivity contribution in [3.8, 4) is 0 Å². The molecule has 0 fully saturated rings. The zero-order valence-corrected chi connectivity index (χ0v) is 13.5. The number of fused-ring (bicyclic) bond motifs is 1. The Morgan fingerprint density at radius 3 is 2.90 bits per heavy atom. The van der Waals surface area contributed by atoms with E-state index in [1.165, 1.54) is 22.3 Å². The molecule has 1 heterocycles. The molecule has 1 aromatic heterocycles. The first-order valence-corrected chi connectivity index (χ1v) is 7.76. The van der Waals surface area contributed by atoms with Gasteiger partial charge >= 0.3 is 0 Å². The van der Waals surface area contributed by atoms with E-state index in [0.29, 0.717) is 6.04 Å². The molecule has 1 aliphatic rings.